The van der Waals surface area contributed by atoms with Crippen molar-refractivity contribution in [2.45, 2.75) is 0 Å². The van der Waals surface area contributed by atoms with Crippen molar-refractivity contribution in [2.24, 2.45) is 0 Å². The summed E-state index contributed by atoms with van der Waals surface area (Å²) in [7, 11) is 0. The number of fused-ring (bicyclic) bond motifs is 1. The van der Waals surface area contributed by atoms with Crippen LogP contribution in [0.25, 0.3) is 16.7 Å². The Hall–Kier alpha value is -2.08. The first-order valence-corrected chi connectivity index (χ1v) is 5.84. The van der Waals surface area contributed by atoms with Gasteiger partial charge in [-0.05, 0) is 36.5 Å². The molecule has 6 heteroatoms. The summed E-state index contributed by atoms with van der Waals surface area (Å²) in [5, 5.41) is 0. The molecule has 0 atom stereocenters. The number of hydrogen-bond donors (Lipinski definition) is 1. The lowest BCUT2D eigenvalue weighted by molar-refractivity contribution is 0.514. The van der Waals surface area contributed by atoms with Crippen LogP contribution in [0.1, 0.15) is 0 Å². The van der Waals surface area contributed by atoms with Crippen LogP contribution in [0.3, 0.4) is 0 Å². The largest absolute Gasteiger partial charge is 0.330 e. The maximum absolute atomic E-state index is 13.9. The average molecular weight is 280 g/mol. The third kappa shape index (κ3) is 1.76. The standard InChI is InChI=1S/C13H7F3N2S/c14-7-3-1-2-4-10(7)18-12-9(17-13(18)19)6-5-8(15)11(12)16/h1-6H,(H,17,19). The third-order valence-corrected chi connectivity index (χ3v) is 3.12. The summed E-state index contributed by atoms with van der Waals surface area (Å²) >= 11 is 5.05. The van der Waals surface area contributed by atoms with Gasteiger partial charge in [-0.15, -0.1) is 0 Å². The Balaban J connectivity index is 2.48. The lowest BCUT2D eigenvalue weighted by Crippen LogP contribution is -2.00. The van der Waals surface area contributed by atoms with Gasteiger partial charge >= 0.3 is 0 Å². The van der Waals surface area contributed by atoms with Gasteiger partial charge in [0, 0.05) is 0 Å². The number of aromatic amines is 1. The summed E-state index contributed by atoms with van der Waals surface area (Å²) in [4.78, 5) is 2.73. The van der Waals surface area contributed by atoms with Crippen molar-refractivity contribution < 1.29 is 13.2 Å². The quantitative estimate of drug-likeness (QED) is 0.665. The molecule has 0 amide bonds. The molecule has 0 fully saturated rings. The van der Waals surface area contributed by atoms with E-state index < -0.39 is 17.5 Å². The van der Waals surface area contributed by atoms with Crippen LogP contribution < -0.4 is 0 Å². The zero-order valence-corrected chi connectivity index (χ0v) is 10.3. The van der Waals surface area contributed by atoms with Crippen molar-refractivity contribution in [3.05, 3.63) is 58.6 Å². The Kier molecular flexibility index (Phi) is 2.67. The molecule has 0 spiro atoms. The molecule has 0 aliphatic carbocycles. The van der Waals surface area contributed by atoms with Gasteiger partial charge in [-0.3, -0.25) is 4.57 Å². The highest BCUT2D eigenvalue weighted by Gasteiger charge is 2.16. The Bertz CT molecular complexity index is 836. The van der Waals surface area contributed by atoms with E-state index in [0.717, 1.165) is 10.6 Å². The van der Waals surface area contributed by atoms with Crippen LogP contribution in [-0.2, 0) is 0 Å². The molecule has 1 aromatic heterocycles. The number of rotatable bonds is 1. The maximum Gasteiger partial charge on any atom is 0.184 e. The molecule has 2 aromatic carbocycles. The minimum absolute atomic E-state index is 0.0725. The molecule has 0 aliphatic heterocycles. The Morgan fingerprint density at radius 1 is 0.947 bits per heavy atom. The highest BCUT2D eigenvalue weighted by Crippen LogP contribution is 2.25. The fourth-order valence-electron chi connectivity index (χ4n) is 1.99. The van der Waals surface area contributed by atoms with Gasteiger partial charge in [-0.1, -0.05) is 12.1 Å². The van der Waals surface area contributed by atoms with E-state index in [0.29, 0.717) is 5.52 Å². The number of halogens is 3. The van der Waals surface area contributed by atoms with Crippen LogP contribution in [0.4, 0.5) is 13.2 Å². The molecule has 0 radical (unpaired) electrons. The number of imidazole rings is 1. The number of H-pyrrole nitrogens is 1. The van der Waals surface area contributed by atoms with E-state index in [1.54, 1.807) is 6.07 Å². The predicted molar refractivity (Wildman–Crippen MR) is 68.3 cm³/mol. The maximum atomic E-state index is 13.9. The topological polar surface area (TPSA) is 20.7 Å². The number of hydrogen-bond acceptors (Lipinski definition) is 1. The van der Waals surface area contributed by atoms with Crippen LogP contribution in [-0.4, -0.2) is 9.55 Å². The van der Waals surface area contributed by atoms with E-state index in [2.05, 4.69) is 4.98 Å². The highest BCUT2D eigenvalue weighted by atomic mass is 32.1. The summed E-state index contributed by atoms with van der Waals surface area (Å²) in [5.74, 6) is -2.64. The molecule has 96 valence electrons. The molecular weight excluding hydrogens is 273 g/mol. The van der Waals surface area contributed by atoms with Crippen LogP contribution in [0.5, 0.6) is 0 Å². The first-order chi connectivity index (χ1) is 9.09. The van der Waals surface area contributed by atoms with Crippen molar-refractivity contribution in [1.29, 1.82) is 0 Å². The SMILES string of the molecule is Fc1ccccc1-n1c(=S)[nH]c2ccc(F)c(F)c21. The lowest BCUT2D eigenvalue weighted by Gasteiger charge is -2.06. The van der Waals surface area contributed by atoms with Crippen LogP contribution in [0.2, 0.25) is 0 Å². The second-order valence-corrected chi connectivity index (χ2v) is 4.36. The van der Waals surface area contributed by atoms with Gasteiger partial charge in [0.05, 0.1) is 11.2 Å². The fourth-order valence-corrected chi connectivity index (χ4v) is 2.29. The van der Waals surface area contributed by atoms with Gasteiger partial charge in [0.25, 0.3) is 0 Å². The molecule has 3 rings (SSSR count). The Labute approximate surface area is 111 Å². The zero-order chi connectivity index (χ0) is 13.6. The first-order valence-electron chi connectivity index (χ1n) is 5.43. The summed E-state index contributed by atoms with van der Waals surface area (Å²) in [6, 6.07) is 8.13. The zero-order valence-electron chi connectivity index (χ0n) is 9.45. The van der Waals surface area contributed by atoms with E-state index >= 15 is 0 Å². The first kappa shape index (κ1) is 12.0. The molecule has 0 saturated heterocycles. The second-order valence-electron chi connectivity index (χ2n) is 3.97. The van der Waals surface area contributed by atoms with Crippen LogP contribution in [0, 0.1) is 22.2 Å². The molecule has 19 heavy (non-hydrogen) atoms. The van der Waals surface area contributed by atoms with Crippen molar-refractivity contribution in [1.82, 2.24) is 9.55 Å². The minimum Gasteiger partial charge on any atom is -0.330 e. The lowest BCUT2D eigenvalue weighted by atomic mass is 10.2. The van der Waals surface area contributed by atoms with E-state index in [4.69, 9.17) is 12.2 Å². The van der Waals surface area contributed by atoms with E-state index in [9.17, 15) is 13.2 Å². The summed E-state index contributed by atoms with van der Waals surface area (Å²) in [5.41, 5.74) is 0.283. The molecular formula is C13H7F3N2S. The van der Waals surface area contributed by atoms with Crippen molar-refractivity contribution in [3.8, 4) is 5.69 Å². The normalized spacial score (nSPS) is 11.1. The van der Waals surface area contributed by atoms with Gasteiger partial charge in [-0.2, -0.15) is 0 Å². The van der Waals surface area contributed by atoms with Crippen molar-refractivity contribution in [2.75, 3.05) is 0 Å². The number of nitrogens with one attached hydrogen (secondary N) is 1. The average Bonchev–Trinajstić information content (AvgIpc) is 2.72. The molecule has 0 aliphatic rings. The number of nitrogens with zero attached hydrogens (tertiary/aromatic N) is 1. The Morgan fingerprint density at radius 2 is 1.68 bits per heavy atom. The van der Waals surface area contributed by atoms with Gasteiger partial charge in [0.2, 0.25) is 0 Å². The van der Waals surface area contributed by atoms with Gasteiger partial charge in [0.1, 0.15) is 11.3 Å². The highest BCUT2D eigenvalue weighted by molar-refractivity contribution is 7.71. The van der Waals surface area contributed by atoms with Gasteiger partial charge in [0.15, 0.2) is 16.4 Å². The van der Waals surface area contributed by atoms with E-state index in [1.165, 1.54) is 24.3 Å². The third-order valence-electron chi connectivity index (χ3n) is 2.83. The van der Waals surface area contributed by atoms with E-state index in [1.807, 2.05) is 0 Å². The number of benzene rings is 2. The monoisotopic (exact) mass is 280 g/mol. The molecule has 1 N–H and O–H groups in total. The Morgan fingerprint density at radius 3 is 2.42 bits per heavy atom. The van der Waals surface area contributed by atoms with Crippen molar-refractivity contribution in [3.63, 3.8) is 0 Å². The predicted octanol–water partition coefficient (Wildman–Crippen LogP) is 4.11. The fraction of sp³-hybridized carbons (Fsp3) is 0. The van der Waals surface area contributed by atoms with Crippen LogP contribution in [0.15, 0.2) is 36.4 Å². The number of para-hydroxylation sites is 1. The van der Waals surface area contributed by atoms with Gasteiger partial charge in [-0.25, -0.2) is 13.2 Å². The summed E-state index contributed by atoms with van der Waals surface area (Å²) in [6.07, 6.45) is 0. The molecule has 3 aromatic rings. The molecule has 1 heterocycles. The number of aromatic nitrogens is 2. The molecule has 2 nitrogen and oxygen atoms in total. The molecule has 0 saturated carbocycles. The minimum atomic E-state index is -1.06. The second kappa shape index (κ2) is 4.24. The van der Waals surface area contributed by atoms with E-state index in [-0.39, 0.29) is 16.0 Å². The smallest absolute Gasteiger partial charge is 0.184 e. The molecule has 0 unspecified atom stereocenters. The summed E-state index contributed by atoms with van der Waals surface area (Å²) in [6.45, 7) is 0. The van der Waals surface area contributed by atoms with Gasteiger partial charge < -0.3 is 4.98 Å². The van der Waals surface area contributed by atoms with Crippen molar-refractivity contribution >= 4 is 23.3 Å². The van der Waals surface area contributed by atoms with Crippen LogP contribution >= 0.6 is 12.2 Å². The summed E-state index contributed by atoms with van der Waals surface area (Å²) < 4.78 is 42.3. The molecule has 0 bridgehead atoms.